The van der Waals surface area contributed by atoms with Gasteiger partial charge in [-0.25, -0.2) is 8.78 Å². The average Bonchev–Trinajstić information content (AvgIpc) is 2.74. The Kier molecular flexibility index (Phi) is 3.17. The van der Waals surface area contributed by atoms with Crippen molar-refractivity contribution >= 4 is 5.91 Å². The Balaban J connectivity index is 2.10. The van der Waals surface area contributed by atoms with Crippen LogP contribution in [0.15, 0.2) is 18.2 Å². The molecule has 1 saturated carbocycles. The predicted molar refractivity (Wildman–Crippen MR) is 56.1 cm³/mol. The van der Waals surface area contributed by atoms with Crippen LogP contribution in [-0.4, -0.2) is 11.9 Å². The van der Waals surface area contributed by atoms with Crippen LogP contribution in [0.1, 0.15) is 36.0 Å². The van der Waals surface area contributed by atoms with Crippen molar-refractivity contribution in [3.05, 3.63) is 35.4 Å². The molecule has 1 aliphatic carbocycles. The number of benzene rings is 1. The monoisotopic (exact) mass is 225 g/mol. The molecule has 2 rings (SSSR count). The van der Waals surface area contributed by atoms with Crippen LogP contribution >= 0.6 is 0 Å². The SMILES string of the molecule is O=C(NC1CCCC1)c1cc(F)ccc1F. The highest BCUT2D eigenvalue weighted by Gasteiger charge is 2.20. The van der Waals surface area contributed by atoms with Gasteiger partial charge in [0.05, 0.1) is 5.56 Å². The molecule has 1 aromatic carbocycles. The van der Waals surface area contributed by atoms with Crippen molar-refractivity contribution in [1.29, 1.82) is 0 Å². The fourth-order valence-corrected chi connectivity index (χ4v) is 2.00. The second kappa shape index (κ2) is 4.60. The van der Waals surface area contributed by atoms with Crippen LogP contribution in [0.4, 0.5) is 8.78 Å². The fraction of sp³-hybridized carbons (Fsp3) is 0.417. The molecule has 0 aromatic heterocycles. The largest absolute Gasteiger partial charge is 0.349 e. The summed E-state index contributed by atoms with van der Waals surface area (Å²) in [6.07, 6.45) is 4.00. The van der Waals surface area contributed by atoms with Gasteiger partial charge < -0.3 is 5.32 Å². The molecule has 0 saturated heterocycles. The maximum absolute atomic E-state index is 13.3. The van der Waals surface area contributed by atoms with Crippen molar-refractivity contribution in [3.8, 4) is 0 Å². The van der Waals surface area contributed by atoms with Gasteiger partial charge in [0, 0.05) is 6.04 Å². The molecule has 0 atom stereocenters. The van der Waals surface area contributed by atoms with E-state index in [0.29, 0.717) is 0 Å². The van der Waals surface area contributed by atoms with E-state index in [-0.39, 0.29) is 11.6 Å². The Labute approximate surface area is 92.7 Å². The first-order chi connectivity index (χ1) is 7.66. The van der Waals surface area contributed by atoms with Crippen LogP contribution in [0, 0.1) is 11.6 Å². The van der Waals surface area contributed by atoms with E-state index in [9.17, 15) is 13.6 Å². The van der Waals surface area contributed by atoms with E-state index in [1.165, 1.54) is 0 Å². The highest BCUT2D eigenvalue weighted by atomic mass is 19.1. The van der Waals surface area contributed by atoms with E-state index in [1.54, 1.807) is 0 Å². The van der Waals surface area contributed by atoms with Gasteiger partial charge in [-0.2, -0.15) is 0 Å². The lowest BCUT2D eigenvalue weighted by Crippen LogP contribution is -2.33. The minimum atomic E-state index is -0.683. The quantitative estimate of drug-likeness (QED) is 0.823. The molecule has 0 bridgehead atoms. The number of rotatable bonds is 2. The second-order valence-corrected chi connectivity index (χ2v) is 4.08. The Morgan fingerprint density at radius 2 is 1.94 bits per heavy atom. The minimum Gasteiger partial charge on any atom is -0.349 e. The molecule has 86 valence electrons. The summed E-state index contributed by atoms with van der Waals surface area (Å²) in [4.78, 5) is 11.7. The van der Waals surface area contributed by atoms with Gasteiger partial charge >= 0.3 is 0 Å². The van der Waals surface area contributed by atoms with Crippen molar-refractivity contribution in [3.63, 3.8) is 0 Å². The topological polar surface area (TPSA) is 29.1 Å². The van der Waals surface area contributed by atoms with Gasteiger partial charge in [0.1, 0.15) is 11.6 Å². The first-order valence-corrected chi connectivity index (χ1v) is 5.43. The fourth-order valence-electron chi connectivity index (χ4n) is 2.00. The average molecular weight is 225 g/mol. The number of hydrogen-bond donors (Lipinski definition) is 1. The van der Waals surface area contributed by atoms with Crippen LogP contribution in [0.5, 0.6) is 0 Å². The molecule has 0 radical (unpaired) electrons. The first kappa shape index (κ1) is 11.0. The van der Waals surface area contributed by atoms with Gasteiger partial charge in [-0.1, -0.05) is 12.8 Å². The summed E-state index contributed by atoms with van der Waals surface area (Å²) in [6.45, 7) is 0. The van der Waals surface area contributed by atoms with E-state index in [2.05, 4.69) is 5.32 Å². The lowest BCUT2D eigenvalue weighted by molar-refractivity contribution is 0.0933. The summed E-state index contributed by atoms with van der Waals surface area (Å²) in [5, 5.41) is 2.72. The number of halogens is 2. The third kappa shape index (κ3) is 2.38. The van der Waals surface area contributed by atoms with Crippen molar-refractivity contribution in [2.24, 2.45) is 0 Å². The zero-order valence-electron chi connectivity index (χ0n) is 8.80. The van der Waals surface area contributed by atoms with Gasteiger partial charge in [0.25, 0.3) is 5.91 Å². The molecule has 2 nitrogen and oxygen atoms in total. The summed E-state index contributed by atoms with van der Waals surface area (Å²) in [7, 11) is 0. The Morgan fingerprint density at radius 1 is 1.25 bits per heavy atom. The number of amides is 1. The molecule has 0 heterocycles. The molecule has 1 aromatic rings. The summed E-state index contributed by atoms with van der Waals surface area (Å²) < 4.78 is 26.1. The smallest absolute Gasteiger partial charge is 0.254 e. The van der Waals surface area contributed by atoms with Crippen LogP contribution in [-0.2, 0) is 0 Å². The summed E-state index contributed by atoms with van der Waals surface area (Å²) in [5.74, 6) is -1.81. The highest BCUT2D eigenvalue weighted by Crippen LogP contribution is 2.18. The zero-order chi connectivity index (χ0) is 11.5. The van der Waals surface area contributed by atoms with Crippen LogP contribution in [0.25, 0.3) is 0 Å². The highest BCUT2D eigenvalue weighted by molar-refractivity contribution is 5.94. The summed E-state index contributed by atoms with van der Waals surface area (Å²) in [6, 6.07) is 3.01. The van der Waals surface area contributed by atoms with Crippen molar-refractivity contribution in [2.75, 3.05) is 0 Å². The predicted octanol–water partition coefficient (Wildman–Crippen LogP) is 2.64. The normalized spacial score (nSPS) is 16.4. The van der Waals surface area contributed by atoms with E-state index in [1.807, 2.05) is 0 Å². The molecule has 0 unspecified atom stereocenters. The van der Waals surface area contributed by atoms with Gasteiger partial charge in [0.2, 0.25) is 0 Å². The molecule has 0 spiro atoms. The molecule has 1 amide bonds. The summed E-state index contributed by atoms with van der Waals surface area (Å²) in [5.41, 5.74) is -0.216. The van der Waals surface area contributed by atoms with Crippen LogP contribution in [0.3, 0.4) is 0 Å². The van der Waals surface area contributed by atoms with Crippen LogP contribution in [0.2, 0.25) is 0 Å². The first-order valence-electron chi connectivity index (χ1n) is 5.43. The Hall–Kier alpha value is -1.45. The Morgan fingerprint density at radius 3 is 2.62 bits per heavy atom. The molecule has 0 aliphatic heterocycles. The molecular formula is C12H13F2NO. The molecule has 1 fully saturated rings. The zero-order valence-corrected chi connectivity index (χ0v) is 8.80. The lowest BCUT2D eigenvalue weighted by Gasteiger charge is -2.12. The maximum atomic E-state index is 13.3. The third-order valence-electron chi connectivity index (χ3n) is 2.86. The summed E-state index contributed by atoms with van der Waals surface area (Å²) >= 11 is 0. The van der Waals surface area contributed by atoms with Crippen molar-refractivity contribution in [2.45, 2.75) is 31.7 Å². The van der Waals surface area contributed by atoms with E-state index < -0.39 is 17.5 Å². The van der Waals surface area contributed by atoms with Gasteiger partial charge in [0.15, 0.2) is 0 Å². The van der Waals surface area contributed by atoms with E-state index >= 15 is 0 Å². The minimum absolute atomic E-state index is 0.107. The van der Waals surface area contributed by atoms with E-state index in [4.69, 9.17) is 0 Å². The number of hydrogen-bond acceptors (Lipinski definition) is 1. The van der Waals surface area contributed by atoms with Crippen LogP contribution < -0.4 is 5.32 Å². The number of carbonyl (C=O) groups excluding carboxylic acids is 1. The number of nitrogens with one attached hydrogen (secondary N) is 1. The standard InChI is InChI=1S/C12H13F2NO/c13-8-5-6-11(14)10(7-8)12(16)15-9-3-1-2-4-9/h5-7,9H,1-4H2,(H,15,16). The second-order valence-electron chi connectivity index (χ2n) is 4.08. The van der Waals surface area contributed by atoms with Gasteiger partial charge in [-0.15, -0.1) is 0 Å². The third-order valence-corrected chi connectivity index (χ3v) is 2.86. The molecule has 1 aliphatic rings. The molecular weight excluding hydrogens is 212 g/mol. The molecule has 1 N–H and O–H groups in total. The number of carbonyl (C=O) groups is 1. The Bertz CT molecular complexity index is 400. The van der Waals surface area contributed by atoms with Gasteiger partial charge in [-0.3, -0.25) is 4.79 Å². The maximum Gasteiger partial charge on any atom is 0.254 e. The molecule has 16 heavy (non-hydrogen) atoms. The van der Waals surface area contributed by atoms with Crippen molar-refractivity contribution < 1.29 is 13.6 Å². The van der Waals surface area contributed by atoms with Gasteiger partial charge in [-0.05, 0) is 31.0 Å². The molecule has 4 heteroatoms. The lowest BCUT2D eigenvalue weighted by atomic mass is 10.1. The van der Waals surface area contributed by atoms with E-state index in [0.717, 1.165) is 43.9 Å². The van der Waals surface area contributed by atoms with Crippen molar-refractivity contribution in [1.82, 2.24) is 5.32 Å².